The molecule has 0 aliphatic heterocycles. The van der Waals surface area contributed by atoms with Gasteiger partial charge in [0.15, 0.2) is 0 Å². The molecule has 0 spiro atoms. The van der Waals surface area contributed by atoms with Crippen LogP contribution < -0.4 is 4.74 Å². The van der Waals surface area contributed by atoms with Gasteiger partial charge in [0.1, 0.15) is 24.5 Å². The van der Waals surface area contributed by atoms with Gasteiger partial charge in [-0.05, 0) is 28.1 Å². The number of para-hydroxylation sites is 1. The summed E-state index contributed by atoms with van der Waals surface area (Å²) in [4.78, 5) is 10.9. The lowest BCUT2D eigenvalue weighted by molar-refractivity contribution is -0.175. The molecule has 1 aromatic carbocycles. The highest BCUT2D eigenvalue weighted by atomic mass is 79.9. The number of carboxylic acid groups (broad SMARTS) is 1. The number of alkyl halides is 3. The first-order valence-electron chi connectivity index (χ1n) is 5.10. The van der Waals surface area contributed by atoms with Crippen molar-refractivity contribution in [2.45, 2.75) is 6.18 Å². The smallest absolute Gasteiger partial charge is 0.411 e. The minimum Gasteiger partial charge on any atom is -0.489 e. The molecule has 0 aliphatic carbocycles. The SMILES string of the molecule is O=C(O)c1cccc(Br)c1OCCOCC(F)(F)F. The van der Waals surface area contributed by atoms with E-state index in [0.29, 0.717) is 4.47 Å². The zero-order valence-electron chi connectivity index (χ0n) is 9.54. The highest BCUT2D eigenvalue weighted by Gasteiger charge is 2.27. The van der Waals surface area contributed by atoms with E-state index in [2.05, 4.69) is 20.7 Å². The second-order valence-electron chi connectivity index (χ2n) is 3.44. The highest BCUT2D eigenvalue weighted by molar-refractivity contribution is 9.10. The van der Waals surface area contributed by atoms with E-state index in [0.717, 1.165) is 0 Å². The molecule has 0 radical (unpaired) electrons. The maximum Gasteiger partial charge on any atom is 0.411 e. The molecule has 1 rings (SSSR count). The topological polar surface area (TPSA) is 55.8 Å². The van der Waals surface area contributed by atoms with Gasteiger partial charge in [-0.15, -0.1) is 0 Å². The first kappa shape index (κ1) is 15.8. The Kier molecular flexibility index (Phi) is 5.61. The lowest BCUT2D eigenvalue weighted by Gasteiger charge is -2.12. The first-order chi connectivity index (χ1) is 8.81. The van der Waals surface area contributed by atoms with Crippen molar-refractivity contribution >= 4 is 21.9 Å². The molecule has 0 amide bonds. The van der Waals surface area contributed by atoms with Crippen LogP contribution in [0.4, 0.5) is 13.2 Å². The number of carbonyl (C=O) groups is 1. The summed E-state index contributed by atoms with van der Waals surface area (Å²) >= 11 is 3.11. The van der Waals surface area contributed by atoms with Crippen molar-refractivity contribution in [2.75, 3.05) is 19.8 Å². The van der Waals surface area contributed by atoms with Crippen LogP contribution in [0.1, 0.15) is 10.4 Å². The summed E-state index contributed by atoms with van der Waals surface area (Å²) in [6.07, 6.45) is -4.39. The maximum atomic E-state index is 11.8. The molecule has 0 aromatic heterocycles. The van der Waals surface area contributed by atoms with Gasteiger partial charge in [-0.1, -0.05) is 6.07 Å². The number of halogens is 4. The molecule has 4 nitrogen and oxygen atoms in total. The summed E-state index contributed by atoms with van der Waals surface area (Å²) in [6, 6.07) is 4.41. The molecule has 0 bridgehead atoms. The molecular formula is C11H10BrF3O4. The van der Waals surface area contributed by atoms with E-state index in [4.69, 9.17) is 9.84 Å². The van der Waals surface area contributed by atoms with Gasteiger partial charge >= 0.3 is 12.1 Å². The number of carboxylic acids is 1. The van der Waals surface area contributed by atoms with Crippen molar-refractivity contribution in [2.24, 2.45) is 0 Å². The molecular weight excluding hydrogens is 333 g/mol. The molecule has 19 heavy (non-hydrogen) atoms. The normalized spacial score (nSPS) is 11.4. The Hall–Kier alpha value is -1.28. The van der Waals surface area contributed by atoms with Crippen LogP contribution in [0.5, 0.6) is 5.75 Å². The number of ether oxygens (including phenoxy) is 2. The van der Waals surface area contributed by atoms with Crippen molar-refractivity contribution in [1.82, 2.24) is 0 Å². The van der Waals surface area contributed by atoms with E-state index >= 15 is 0 Å². The van der Waals surface area contributed by atoms with Crippen LogP contribution in [0.25, 0.3) is 0 Å². The van der Waals surface area contributed by atoms with Gasteiger partial charge in [-0.3, -0.25) is 0 Å². The van der Waals surface area contributed by atoms with Gasteiger partial charge in [-0.2, -0.15) is 13.2 Å². The lowest BCUT2D eigenvalue weighted by atomic mass is 10.2. The third kappa shape index (κ3) is 5.48. The third-order valence-electron chi connectivity index (χ3n) is 1.94. The number of rotatable bonds is 6. The summed E-state index contributed by atoms with van der Waals surface area (Å²) in [5.41, 5.74) is -0.0785. The predicted octanol–water partition coefficient (Wildman–Crippen LogP) is 3.11. The Labute approximate surface area is 115 Å². The first-order valence-corrected chi connectivity index (χ1v) is 5.89. The minimum atomic E-state index is -4.39. The van der Waals surface area contributed by atoms with Crippen LogP contribution >= 0.6 is 15.9 Å². The van der Waals surface area contributed by atoms with Gasteiger partial charge in [0.05, 0.1) is 11.1 Å². The zero-order chi connectivity index (χ0) is 14.5. The van der Waals surface area contributed by atoms with Crippen molar-refractivity contribution in [1.29, 1.82) is 0 Å². The second-order valence-corrected chi connectivity index (χ2v) is 4.29. The van der Waals surface area contributed by atoms with E-state index in [1.165, 1.54) is 12.1 Å². The van der Waals surface area contributed by atoms with Crippen molar-refractivity contribution in [3.05, 3.63) is 28.2 Å². The van der Waals surface area contributed by atoms with Gasteiger partial charge in [-0.25, -0.2) is 4.79 Å². The number of benzene rings is 1. The van der Waals surface area contributed by atoms with Gasteiger partial charge in [0.2, 0.25) is 0 Å². The number of aromatic carboxylic acids is 1. The lowest BCUT2D eigenvalue weighted by Crippen LogP contribution is -2.19. The van der Waals surface area contributed by atoms with Crippen molar-refractivity contribution < 1.29 is 32.5 Å². The van der Waals surface area contributed by atoms with Crippen LogP contribution in [0, 0.1) is 0 Å². The Morgan fingerprint density at radius 3 is 2.58 bits per heavy atom. The monoisotopic (exact) mass is 342 g/mol. The molecule has 0 atom stereocenters. The van der Waals surface area contributed by atoms with Gasteiger partial charge < -0.3 is 14.6 Å². The van der Waals surface area contributed by atoms with E-state index in [1.54, 1.807) is 6.07 Å². The fourth-order valence-electron chi connectivity index (χ4n) is 1.21. The maximum absolute atomic E-state index is 11.8. The Bertz CT molecular complexity index is 448. The van der Waals surface area contributed by atoms with Crippen molar-refractivity contribution in [3.63, 3.8) is 0 Å². The quantitative estimate of drug-likeness (QED) is 0.807. The highest BCUT2D eigenvalue weighted by Crippen LogP contribution is 2.29. The third-order valence-corrected chi connectivity index (χ3v) is 2.56. The van der Waals surface area contributed by atoms with Crippen LogP contribution in [0.15, 0.2) is 22.7 Å². The van der Waals surface area contributed by atoms with E-state index in [-0.39, 0.29) is 24.5 Å². The molecule has 0 saturated carbocycles. The molecule has 0 unspecified atom stereocenters. The molecule has 8 heteroatoms. The molecule has 0 aliphatic rings. The summed E-state index contributed by atoms with van der Waals surface area (Å²) in [6.45, 7) is -1.84. The van der Waals surface area contributed by atoms with Gasteiger partial charge in [0.25, 0.3) is 0 Å². The van der Waals surface area contributed by atoms with E-state index in [9.17, 15) is 18.0 Å². The minimum absolute atomic E-state index is 0.0607. The summed E-state index contributed by atoms with van der Waals surface area (Å²) in [7, 11) is 0. The fourth-order valence-corrected chi connectivity index (χ4v) is 1.70. The average Bonchev–Trinajstić information content (AvgIpc) is 2.28. The molecule has 1 aromatic rings. The van der Waals surface area contributed by atoms with Crippen LogP contribution in [0.2, 0.25) is 0 Å². The van der Waals surface area contributed by atoms with Crippen molar-refractivity contribution in [3.8, 4) is 5.75 Å². The molecule has 106 valence electrons. The van der Waals surface area contributed by atoms with E-state index in [1.807, 2.05) is 0 Å². The van der Waals surface area contributed by atoms with E-state index < -0.39 is 18.8 Å². The standard InChI is InChI=1S/C11H10BrF3O4/c12-8-3-1-2-7(10(16)17)9(8)19-5-4-18-6-11(13,14)15/h1-3H,4-6H2,(H,16,17). The number of hydrogen-bond donors (Lipinski definition) is 1. The second kappa shape index (κ2) is 6.76. The molecule has 0 heterocycles. The number of hydrogen-bond acceptors (Lipinski definition) is 3. The molecule has 0 fully saturated rings. The summed E-state index contributed by atoms with van der Waals surface area (Å²) < 4.78 is 45.2. The van der Waals surface area contributed by atoms with Crippen LogP contribution in [0.3, 0.4) is 0 Å². The summed E-state index contributed by atoms with van der Waals surface area (Å²) in [5, 5.41) is 8.92. The summed E-state index contributed by atoms with van der Waals surface area (Å²) in [5.74, 6) is -1.13. The van der Waals surface area contributed by atoms with Gasteiger partial charge in [0, 0.05) is 0 Å². The predicted molar refractivity (Wildman–Crippen MR) is 63.5 cm³/mol. The average molecular weight is 343 g/mol. The van der Waals surface area contributed by atoms with Crippen LogP contribution in [-0.4, -0.2) is 37.1 Å². The zero-order valence-corrected chi connectivity index (χ0v) is 11.1. The Morgan fingerprint density at radius 1 is 1.32 bits per heavy atom. The molecule has 0 saturated heterocycles. The Morgan fingerprint density at radius 2 is 2.00 bits per heavy atom. The fraction of sp³-hybridized carbons (Fsp3) is 0.364. The van der Waals surface area contributed by atoms with Crippen LogP contribution in [-0.2, 0) is 4.74 Å². The Balaban J connectivity index is 2.52. The molecule has 1 N–H and O–H groups in total. The largest absolute Gasteiger partial charge is 0.489 e.